The normalized spacial score (nSPS) is 10.7. The van der Waals surface area contributed by atoms with Gasteiger partial charge in [-0.25, -0.2) is 0 Å². The molecule has 3 rings (SSSR count). The first-order chi connectivity index (χ1) is 9.78. The van der Waals surface area contributed by atoms with Gasteiger partial charge >= 0.3 is 0 Å². The number of rotatable bonds is 3. The first-order valence-corrected chi connectivity index (χ1v) is 7.07. The zero-order valence-electron chi connectivity index (χ0n) is 10.7. The lowest BCUT2D eigenvalue weighted by Crippen LogP contribution is -2.01. The first kappa shape index (κ1) is 13.1. The summed E-state index contributed by atoms with van der Waals surface area (Å²) in [5.41, 5.74) is 7.59. The molecule has 4 heteroatoms. The molecule has 0 radical (unpaired) electrons. The SMILES string of the molecule is NCc1cnc2ccccc2c1Oc1cccc(Br)c1. The second kappa shape index (κ2) is 5.61. The monoisotopic (exact) mass is 328 g/mol. The fourth-order valence-electron chi connectivity index (χ4n) is 2.07. The van der Waals surface area contributed by atoms with E-state index in [0.29, 0.717) is 6.54 Å². The number of ether oxygens (including phenoxy) is 1. The quantitative estimate of drug-likeness (QED) is 0.781. The molecule has 0 atom stereocenters. The van der Waals surface area contributed by atoms with Gasteiger partial charge in [-0.05, 0) is 30.3 Å². The number of fused-ring (bicyclic) bond motifs is 1. The van der Waals surface area contributed by atoms with Gasteiger partial charge in [0, 0.05) is 28.2 Å². The zero-order chi connectivity index (χ0) is 13.9. The second-order valence-electron chi connectivity index (χ2n) is 4.39. The molecule has 0 aliphatic rings. The zero-order valence-corrected chi connectivity index (χ0v) is 12.3. The van der Waals surface area contributed by atoms with Crippen LogP contribution in [0.25, 0.3) is 10.9 Å². The maximum Gasteiger partial charge on any atom is 0.142 e. The Bertz CT molecular complexity index is 758. The number of benzene rings is 2. The Labute approximate surface area is 125 Å². The highest BCUT2D eigenvalue weighted by molar-refractivity contribution is 9.10. The molecule has 0 unspecified atom stereocenters. The van der Waals surface area contributed by atoms with Crippen LogP contribution >= 0.6 is 15.9 Å². The Morgan fingerprint density at radius 3 is 2.75 bits per heavy atom. The molecular weight excluding hydrogens is 316 g/mol. The Morgan fingerprint density at radius 1 is 1.10 bits per heavy atom. The summed E-state index contributed by atoms with van der Waals surface area (Å²) in [6.45, 7) is 0.390. The van der Waals surface area contributed by atoms with Crippen molar-refractivity contribution in [2.75, 3.05) is 0 Å². The van der Waals surface area contributed by atoms with Gasteiger partial charge in [0.15, 0.2) is 0 Å². The van der Waals surface area contributed by atoms with Gasteiger partial charge in [0.05, 0.1) is 5.52 Å². The van der Waals surface area contributed by atoms with Crippen molar-refractivity contribution in [1.82, 2.24) is 4.98 Å². The van der Waals surface area contributed by atoms with Crippen LogP contribution in [0.1, 0.15) is 5.56 Å². The highest BCUT2D eigenvalue weighted by Crippen LogP contribution is 2.33. The molecule has 0 fully saturated rings. The molecule has 100 valence electrons. The summed E-state index contributed by atoms with van der Waals surface area (Å²) < 4.78 is 7.02. The molecule has 3 aromatic rings. The average molecular weight is 329 g/mol. The number of hydrogen-bond donors (Lipinski definition) is 1. The van der Waals surface area contributed by atoms with Crippen molar-refractivity contribution in [3.8, 4) is 11.5 Å². The molecular formula is C16H13BrN2O. The summed E-state index contributed by atoms with van der Waals surface area (Å²) in [7, 11) is 0. The summed E-state index contributed by atoms with van der Waals surface area (Å²) in [5, 5.41) is 0.968. The molecule has 0 amide bonds. The molecule has 1 heterocycles. The lowest BCUT2D eigenvalue weighted by atomic mass is 10.1. The molecule has 0 saturated heterocycles. The molecule has 0 aliphatic carbocycles. The lowest BCUT2D eigenvalue weighted by molar-refractivity contribution is 0.481. The van der Waals surface area contributed by atoms with Gasteiger partial charge in [-0.3, -0.25) is 4.98 Å². The largest absolute Gasteiger partial charge is 0.456 e. The van der Waals surface area contributed by atoms with Crippen LogP contribution in [0.2, 0.25) is 0 Å². The van der Waals surface area contributed by atoms with Crippen molar-refractivity contribution in [2.24, 2.45) is 5.73 Å². The molecule has 0 bridgehead atoms. The van der Waals surface area contributed by atoms with Gasteiger partial charge in [-0.15, -0.1) is 0 Å². The molecule has 20 heavy (non-hydrogen) atoms. The van der Waals surface area contributed by atoms with Crippen molar-refractivity contribution in [3.63, 3.8) is 0 Å². The maximum atomic E-state index is 6.04. The predicted molar refractivity (Wildman–Crippen MR) is 83.9 cm³/mol. The Morgan fingerprint density at radius 2 is 1.95 bits per heavy atom. The third-order valence-electron chi connectivity index (χ3n) is 3.04. The van der Waals surface area contributed by atoms with Crippen LogP contribution in [0, 0.1) is 0 Å². The minimum absolute atomic E-state index is 0.390. The summed E-state index contributed by atoms with van der Waals surface area (Å²) >= 11 is 3.44. The number of aromatic nitrogens is 1. The van der Waals surface area contributed by atoms with Crippen molar-refractivity contribution < 1.29 is 4.74 Å². The van der Waals surface area contributed by atoms with E-state index in [0.717, 1.165) is 32.4 Å². The number of hydrogen-bond acceptors (Lipinski definition) is 3. The van der Waals surface area contributed by atoms with Gasteiger partial charge < -0.3 is 10.5 Å². The average Bonchev–Trinajstić information content (AvgIpc) is 2.48. The topological polar surface area (TPSA) is 48.1 Å². The Kier molecular flexibility index (Phi) is 3.67. The third-order valence-corrected chi connectivity index (χ3v) is 3.53. The van der Waals surface area contributed by atoms with Crippen LogP contribution in [0.15, 0.2) is 59.2 Å². The van der Waals surface area contributed by atoms with E-state index in [4.69, 9.17) is 10.5 Å². The fourth-order valence-corrected chi connectivity index (χ4v) is 2.45. The van der Waals surface area contributed by atoms with E-state index in [9.17, 15) is 0 Å². The third kappa shape index (κ3) is 2.53. The van der Waals surface area contributed by atoms with Crippen molar-refractivity contribution in [1.29, 1.82) is 0 Å². The number of nitrogens with zero attached hydrogens (tertiary/aromatic N) is 1. The molecule has 0 aliphatic heterocycles. The second-order valence-corrected chi connectivity index (χ2v) is 5.31. The summed E-state index contributed by atoms with van der Waals surface area (Å²) in [5.74, 6) is 1.54. The lowest BCUT2D eigenvalue weighted by Gasteiger charge is -2.12. The predicted octanol–water partition coefficient (Wildman–Crippen LogP) is 4.25. The molecule has 1 aromatic heterocycles. The van der Waals surface area contributed by atoms with E-state index in [1.54, 1.807) is 6.20 Å². The molecule has 0 spiro atoms. The summed E-state index contributed by atoms with van der Waals surface area (Å²) in [4.78, 5) is 4.40. The minimum Gasteiger partial charge on any atom is -0.456 e. The van der Waals surface area contributed by atoms with Gasteiger partial charge in [0.2, 0.25) is 0 Å². The van der Waals surface area contributed by atoms with Gasteiger partial charge in [-0.1, -0.05) is 34.1 Å². The molecule has 2 aromatic carbocycles. The number of para-hydroxylation sites is 1. The van der Waals surface area contributed by atoms with E-state index in [2.05, 4.69) is 20.9 Å². The highest BCUT2D eigenvalue weighted by Gasteiger charge is 2.10. The number of halogens is 1. The highest BCUT2D eigenvalue weighted by atomic mass is 79.9. The first-order valence-electron chi connectivity index (χ1n) is 6.28. The maximum absolute atomic E-state index is 6.04. The van der Waals surface area contributed by atoms with Crippen LogP contribution in [0.5, 0.6) is 11.5 Å². The van der Waals surface area contributed by atoms with E-state index in [1.807, 2.05) is 48.5 Å². The molecule has 2 N–H and O–H groups in total. The Hall–Kier alpha value is -1.91. The Balaban J connectivity index is 2.13. The van der Waals surface area contributed by atoms with Gasteiger partial charge in [0.25, 0.3) is 0 Å². The van der Waals surface area contributed by atoms with Crippen molar-refractivity contribution >= 4 is 26.8 Å². The summed E-state index contributed by atoms with van der Waals surface area (Å²) in [6.07, 6.45) is 1.77. The fraction of sp³-hybridized carbons (Fsp3) is 0.0625. The molecule has 3 nitrogen and oxygen atoms in total. The van der Waals surface area contributed by atoms with E-state index < -0.39 is 0 Å². The van der Waals surface area contributed by atoms with Crippen LogP contribution in [0.3, 0.4) is 0 Å². The number of nitrogens with two attached hydrogens (primary N) is 1. The summed E-state index contributed by atoms with van der Waals surface area (Å²) in [6, 6.07) is 15.6. The number of pyridine rings is 1. The minimum atomic E-state index is 0.390. The van der Waals surface area contributed by atoms with E-state index in [1.165, 1.54) is 0 Å². The standard InChI is InChI=1S/C16H13BrN2O/c17-12-4-3-5-13(8-12)20-16-11(9-18)10-19-15-7-2-1-6-14(15)16/h1-8,10H,9,18H2. The van der Waals surface area contributed by atoms with E-state index >= 15 is 0 Å². The van der Waals surface area contributed by atoms with Crippen LogP contribution in [0.4, 0.5) is 0 Å². The van der Waals surface area contributed by atoms with Crippen molar-refractivity contribution in [3.05, 3.63) is 64.8 Å². The van der Waals surface area contributed by atoms with Gasteiger partial charge in [-0.2, -0.15) is 0 Å². The molecule has 0 saturated carbocycles. The van der Waals surface area contributed by atoms with E-state index in [-0.39, 0.29) is 0 Å². The van der Waals surface area contributed by atoms with Crippen LogP contribution < -0.4 is 10.5 Å². The van der Waals surface area contributed by atoms with Crippen LogP contribution in [-0.2, 0) is 6.54 Å². The smallest absolute Gasteiger partial charge is 0.142 e. The van der Waals surface area contributed by atoms with Crippen LogP contribution in [-0.4, -0.2) is 4.98 Å². The van der Waals surface area contributed by atoms with Gasteiger partial charge in [0.1, 0.15) is 11.5 Å². The van der Waals surface area contributed by atoms with Crippen molar-refractivity contribution in [2.45, 2.75) is 6.54 Å².